The molecule has 1 aromatic rings. The average Bonchev–Trinajstić information content (AvgIpc) is 2.84. The molecule has 1 atom stereocenters. The van der Waals surface area contributed by atoms with Crippen molar-refractivity contribution in [1.82, 2.24) is 4.72 Å². The molecule has 0 fully saturated rings. The predicted molar refractivity (Wildman–Crippen MR) is 68.5 cm³/mol. The summed E-state index contributed by atoms with van der Waals surface area (Å²) in [5.41, 5.74) is -0.621. The van der Waals surface area contributed by atoms with E-state index in [1.807, 2.05) is 0 Å². The maximum absolute atomic E-state index is 12.0. The van der Waals surface area contributed by atoms with Crippen molar-refractivity contribution >= 4 is 10.0 Å². The van der Waals surface area contributed by atoms with Gasteiger partial charge in [0.05, 0.1) is 23.7 Å². The third-order valence-corrected chi connectivity index (χ3v) is 4.35. The third kappa shape index (κ3) is 3.24. The lowest BCUT2D eigenvalue weighted by atomic mass is 10.1. The summed E-state index contributed by atoms with van der Waals surface area (Å²) in [6.07, 6.45) is 0.688. The van der Waals surface area contributed by atoms with Crippen LogP contribution in [0, 0.1) is 0 Å². The second-order valence-corrected chi connectivity index (χ2v) is 6.61. The molecule has 6 nitrogen and oxygen atoms in total. The zero-order valence-electron chi connectivity index (χ0n) is 10.6. The van der Waals surface area contributed by atoms with Crippen molar-refractivity contribution in [2.75, 3.05) is 19.8 Å². The van der Waals surface area contributed by atoms with Crippen molar-refractivity contribution in [3.63, 3.8) is 0 Å². The Kier molecular flexibility index (Phi) is 3.82. The second kappa shape index (κ2) is 5.09. The number of ether oxygens (including phenoxy) is 1. The fourth-order valence-corrected chi connectivity index (χ4v) is 2.93. The van der Waals surface area contributed by atoms with Gasteiger partial charge in [0.25, 0.3) is 0 Å². The minimum Gasteiger partial charge on any atom is -0.493 e. The summed E-state index contributed by atoms with van der Waals surface area (Å²) < 4.78 is 31.7. The molecule has 0 bridgehead atoms. The van der Waals surface area contributed by atoms with E-state index >= 15 is 0 Å². The molecule has 0 amide bonds. The molecule has 19 heavy (non-hydrogen) atoms. The smallest absolute Gasteiger partial charge is 0.240 e. The largest absolute Gasteiger partial charge is 0.493 e. The number of rotatable bonds is 5. The summed E-state index contributed by atoms with van der Waals surface area (Å²) in [6, 6.07) is 4.65. The van der Waals surface area contributed by atoms with Crippen LogP contribution in [0.25, 0.3) is 0 Å². The number of hydrogen-bond acceptors (Lipinski definition) is 5. The van der Waals surface area contributed by atoms with Crippen LogP contribution in [0.4, 0.5) is 0 Å². The van der Waals surface area contributed by atoms with Gasteiger partial charge in [0.1, 0.15) is 5.75 Å². The van der Waals surface area contributed by atoms with Crippen LogP contribution in [0.3, 0.4) is 0 Å². The molecule has 0 saturated carbocycles. The predicted octanol–water partition coefficient (Wildman–Crippen LogP) is -0.357. The highest BCUT2D eigenvalue weighted by atomic mass is 32.2. The van der Waals surface area contributed by atoms with Gasteiger partial charge in [0.2, 0.25) is 10.0 Å². The Morgan fingerprint density at radius 2 is 2.21 bits per heavy atom. The molecule has 1 aromatic carbocycles. The van der Waals surface area contributed by atoms with Gasteiger partial charge in [0.15, 0.2) is 0 Å². The van der Waals surface area contributed by atoms with Crippen molar-refractivity contribution in [2.24, 2.45) is 0 Å². The van der Waals surface area contributed by atoms with Gasteiger partial charge in [-0.05, 0) is 30.7 Å². The van der Waals surface area contributed by atoms with Crippen molar-refractivity contribution in [3.8, 4) is 5.75 Å². The first-order valence-electron chi connectivity index (χ1n) is 5.93. The zero-order valence-corrected chi connectivity index (χ0v) is 11.4. The van der Waals surface area contributed by atoms with Crippen molar-refractivity contribution in [2.45, 2.75) is 23.8 Å². The molecule has 0 spiro atoms. The molecule has 2 rings (SSSR count). The molecule has 1 unspecified atom stereocenters. The first-order chi connectivity index (χ1) is 8.84. The quantitative estimate of drug-likeness (QED) is 0.687. The lowest BCUT2D eigenvalue weighted by Gasteiger charge is -2.20. The number of benzene rings is 1. The molecule has 0 radical (unpaired) electrons. The average molecular weight is 287 g/mol. The van der Waals surface area contributed by atoms with E-state index in [4.69, 9.17) is 9.84 Å². The van der Waals surface area contributed by atoms with E-state index in [0.29, 0.717) is 18.8 Å². The van der Waals surface area contributed by atoms with E-state index in [-0.39, 0.29) is 11.4 Å². The van der Waals surface area contributed by atoms with Gasteiger partial charge in [0, 0.05) is 13.0 Å². The maximum atomic E-state index is 12.0. The van der Waals surface area contributed by atoms with E-state index in [2.05, 4.69) is 4.72 Å². The molecular formula is C12H17NO5S. The zero-order chi connectivity index (χ0) is 14.1. The Morgan fingerprint density at radius 1 is 1.47 bits per heavy atom. The summed E-state index contributed by atoms with van der Waals surface area (Å²) in [5.74, 6) is 0.710. The van der Waals surface area contributed by atoms with Crippen LogP contribution >= 0.6 is 0 Å². The van der Waals surface area contributed by atoms with E-state index in [9.17, 15) is 13.5 Å². The van der Waals surface area contributed by atoms with E-state index in [1.165, 1.54) is 13.0 Å². The Balaban J connectivity index is 2.16. The van der Waals surface area contributed by atoms with Gasteiger partial charge >= 0.3 is 0 Å². The van der Waals surface area contributed by atoms with Crippen LogP contribution < -0.4 is 9.46 Å². The number of hydrogen-bond donors (Lipinski definition) is 3. The van der Waals surface area contributed by atoms with Gasteiger partial charge in [-0.15, -0.1) is 0 Å². The van der Waals surface area contributed by atoms with Crippen molar-refractivity contribution in [3.05, 3.63) is 23.8 Å². The lowest BCUT2D eigenvalue weighted by Crippen LogP contribution is -2.43. The molecule has 1 aliphatic rings. The summed E-state index contributed by atoms with van der Waals surface area (Å²) in [5, 5.41) is 18.5. The standard InChI is InChI=1S/C12H17NO5S/c1-12(15,8-14)7-13-19(16,17)10-2-3-11-9(6-10)4-5-18-11/h2-3,6,13-15H,4-5,7-8H2,1H3. The molecule has 3 N–H and O–H groups in total. The van der Waals surface area contributed by atoms with Crippen molar-refractivity contribution < 1.29 is 23.4 Å². The second-order valence-electron chi connectivity index (χ2n) is 4.85. The van der Waals surface area contributed by atoms with E-state index < -0.39 is 22.2 Å². The van der Waals surface area contributed by atoms with Gasteiger partial charge < -0.3 is 14.9 Å². The number of fused-ring (bicyclic) bond motifs is 1. The lowest BCUT2D eigenvalue weighted by molar-refractivity contribution is 0.00681. The third-order valence-electron chi connectivity index (χ3n) is 2.95. The molecule has 0 aromatic heterocycles. The monoisotopic (exact) mass is 287 g/mol. The van der Waals surface area contributed by atoms with Crippen molar-refractivity contribution in [1.29, 1.82) is 0 Å². The number of nitrogens with one attached hydrogen (secondary N) is 1. The first-order valence-corrected chi connectivity index (χ1v) is 7.41. The molecular weight excluding hydrogens is 270 g/mol. The maximum Gasteiger partial charge on any atom is 0.240 e. The summed E-state index contributed by atoms with van der Waals surface area (Å²) in [6.45, 7) is 1.14. The Labute approximate surface area is 112 Å². The molecule has 106 valence electrons. The fraction of sp³-hybridized carbons (Fsp3) is 0.500. The van der Waals surface area contributed by atoms with Crippen LogP contribution in [-0.2, 0) is 16.4 Å². The van der Waals surface area contributed by atoms with Gasteiger partial charge in [-0.1, -0.05) is 0 Å². The fourth-order valence-electron chi connectivity index (χ4n) is 1.72. The SMILES string of the molecule is CC(O)(CO)CNS(=O)(=O)c1ccc2c(c1)CCO2. The number of aliphatic hydroxyl groups excluding tert-OH is 1. The van der Waals surface area contributed by atoms with Gasteiger partial charge in [-0.2, -0.15) is 0 Å². The number of sulfonamides is 1. The summed E-state index contributed by atoms with van der Waals surface area (Å²) in [7, 11) is -3.70. The van der Waals surface area contributed by atoms with Crippen LogP contribution in [0.1, 0.15) is 12.5 Å². The highest BCUT2D eigenvalue weighted by Crippen LogP contribution is 2.27. The molecule has 0 aliphatic carbocycles. The Bertz CT molecular complexity index is 567. The molecule has 1 aliphatic heterocycles. The van der Waals surface area contributed by atoms with E-state index in [1.54, 1.807) is 12.1 Å². The molecule has 1 heterocycles. The minimum absolute atomic E-state index is 0.130. The molecule has 0 saturated heterocycles. The van der Waals surface area contributed by atoms with Crippen LogP contribution in [0.15, 0.2) is 23.1 Å². The normalized spacial score (nSPS) is 17.6. The Morgan fingerprint density at radius 3 is 2.89 bits per heavy atom. The number of aliphatic hydroxyl groups is 2. The summed E-state index contributed by atoms with van der Waals surface area (Å²) >= 11 is 0. The highest BCUT2D eigenvalue weighted by molar-refractivity contribution is 7.89. The summed E-state index contributed by atoms with van der Waals surface area (Å²) in [4.78, 5) is 0.130. The Hall–Kier alpha value is -1.15. The van der Waals surface area contributed by atoms with E-state index in [0.717, 1.165) is 5.56 Å². The van der Waals surface area contributed by atoms with Gasteiger partial charge in [-0.25, -0.2) is 13.1 Å². The highest BCUT2D eigenvalue weighted by Gasteiger charge is 2.24. The van der Waals surface area contributed by atoms with Gasteiger partial charge in [-0.3, -0.25) is 0 Å². The molecule has 7 heteroatoms. The van der Waals surface area contributed by atoms with Crippen LogP contribution in [0.5, 0.6) is 5.75 Å². The minimum atomic E-state index is -3.70. The van der Waals surface area contributed by atoms with Crippen LogP contribution in [-0.4, -0.2) is 44.0 Å². The topological polar surface area (TPSA) is 95.9 Å². The van der Waals surface area contributed by atoms with Crippen LogP contribution in [0.2, 0.25) is 0 Å². The first kappa shape index (κ1) is 14.3.